The van der Waals surface area contributed by atoms with E-state index in [1.54, 1.807) is 7.11 Å². The van der Waals surface area contributed by atoms with E-state index < -0.39 is 25.4 Å². The van der Waals surface area contributed by atoms with Crippen LogP contribution in [0.1, 0.15) is 12.8 Å². The fourth-order valence-corrected chi connectivity index (χ4v) is 4.41. The van der Waals surface area contributed by atoms with Crippen molar-refractivity contribution in [1.82, 2.24) is 10.0 Å². The van der Waals surface area contributed by atoms with E-state index in [1.165, 1.54) is 24.3 Å². The average molecular weight is 362 g/mol. The first kappa shape index (κ1) is 18.3. The van der Waals surface area contributed by atoms with Gasteiger partial charge in [0, 0.05) is 19.9 Å². The van der Waals surface area contributed by atoms with Gasteiger partial charge in [0.15, 0.2) is 9.84 Å². The third-order valence-electron chi connectivity index (χ3n) is 3.92. The Kier molecular flexibility index (Phi) is 5.47. The zero-order chi connectivity index (χ0) is 17.1. The van der Waals surface area contributed by atoms with Crippen LogP contribution in [-0.4, -0.2) is 55.4 Å². The number of nitrogens with one attached hydrogen (secondary N) is 2. The Hall–Kier alpha value is -1.00. The molecule has 0 radical (unpaired) electrons. The Morgan fingerprint density at radius 3 is 2.26 bits per heavy atom. The van der Waals surface area contributed by atoms with Crippen LogP contribution in [0.3, 0.4) is 0 Å². The van der Waals surface area contributed by atoms with E-state index in [9.17, 15) is 16.8 Å². The second-order valence-corrected chi connectivity index (χ2v) is 9.59. The van der Waals surface area contributed by atoms with E-state index in [0.717, 1.165) is 25.6 Å². The van der Waals surface area contributed by atoms with Gasteiger partial charge >= 0.3 is 0 Å². The maximum atomic E-state index is 12.4. The molecule has 1 atom stereocenters. The van der Waals surface area contributed by atoms with Crippen LogP contribution in [0.2, 0.25) is 0 Å². The van der Waals surface area contributed by atoms with Crippen molar-refractivity contribution in [3.63, 3.8) is 0 Å². The van der Waals surface area contributed by atoms with Crippen LogP contribution < -0.4 is 10.0 Å². The molecule has 1 aromatic rings. The van der Waals surface area contributed by atoms with Crippen molar-refractivity contribution in [3.05, 3.63) is 24.3 Å². The van der Waals surface area contributed by atoms with Gasteiger partial charge in [-0.05, 0) is 43.7 Å². The van der Waals surface area contributed by atoms with Crippen LogP contribution >= 0.6 is 0 Å². The lowest BCUT2D eigenvalue weighted by Gasteiger charge is -2.28. The predicted octanol–water partition coefficient (Wildman–Crippen LogP) is 0.137. The maximum absolute atomic E-state index is 12.4. The van der Waals surface area contributed by atoms with Crippen LogP contribution in [0.4, 0.5) is 0 Å². The van der Waals surface area contributed by atoms with Crippen molar-refractivity contribution in [3.8, 4) is 0 Å². The van der Waals surface area contributed by atoms with Crippen LogP contribution in [0.5, 0.6) is 0 Å². The third-order valence-corrected chi connectivity index (χ3v) is 6.46. The highest BCUT2D eigenvalue weighted by Gasteiger charge is 2.34. The summed E-state index contributed by atoms with van der Waals surface area (Å²) >= 11 is 0. The first-order valence-electron chi connectivity index (χ1n) is 7.22. The average Bonchev–Trinajstić information content (AvgIpc) is 2.94. The van der Waals surface area contributed by atoms with Crippen LogP contribution in [-0.2, 0) is 24.6 Å². The van der Waals surface area contributed by atoms with E-state index in [0.29, 0.717) is 6.61 Å². The molecule has 2 N–H and O–H groups in total. The summed E-state index contributed by atoms with van der Waals surface area (Å²) in [4.78, 5) is 0.125. The molecule has 1 fully saturated rings. The van der Waals surface area contributed by atoms with E-state index in [-0.39, 0.29) is 16.3 Å². The highest BCUT2D eigenvalue weighted by molar-refractivity contribution is 7.90. The summed E-state index contributed by atoms with van der Waals surface area (Å²) in [6.45, 7) is 1.47. The molecule has 0 amide bonds. The minimum Gasteiger partial charge on any atom is -0.383 e. The van der Waals surface area contributed by atoms with Crippen molar-refractivity contribution < 1.29 is 21.6 Å². The first-order valence-corrected chi connectivity index (χ1v) is 10.6. The molecule has 0 spiro atoms. The van der Waals surface area contributed by atoms with Crippen molar-refractivity contribution in [2.24, 2.45) is 0 Å². The molecule has 0 aliphatic carbocycles. The first-order chi connectivity index (χ1) is 10.7. The number of benzene rings is 1. The van der Waals surface area contributed by atoms with Gasteiger partial charge in [0.1, 0.15) is 0 Å². The second kappa shape index (κ2) is 6.86. The van der Waals surface area contributed by atoms with Crippen molar-refractivity contribution in [2.45, 2.75) is 28.2 Å². The minimum absolute atomic E-state index is 0.0375. The Morgan fingerprint density at radius 1 is 1.17 bits per heavy atom. The smallest absolute Gasteiger partial charge is 0.240 e. The number of hydrogen-bond donors (Lipinski definition) is 2. The fraction of sp³-hybridized carbons (Fsp3) is 0.571. The quantitative estimate of drug-likeness (QED) is 0.715. The van der Waals surface area contributed by atoms with Crippen LogP contribution in [0, 0.1) is 0 Å². The van der Waals surface area contributed by atoms with Crippen LogP contribution in [0.25, 0.3) is 0 Å². The number of ether oxygens (including phenoxy) is 1. The number of rotatable bonds is 7. The zero-order valence-corrected chi connectivity index (χ0v) is 14.8. The van der Waals surface area contributed by atoms with Gasteiger partial charge in [-0.1, -0.05) is 0 Å². The lowest BCUT2D eigenvalue weighted by molar-refractivity contribution is 0.122. The molecule has 1 unspecified atom stereocenters. The van der Waals surface area contributed by atoms with Gasteiger partial charge in [0.05, 0.1) is 21.9 Å². The van der Waals surface area contributed by atoms with E-state index in [1.807, 2.05) is 0 Å². The molecule has 1 aromatic carbocycles. The lowest BCUT2D eigenvalue weighted by Crippen LogP contribution is -2.52. The number of methoxy groups -OCH3 is 1. The van der Waals surface area contributed by atoms with E-state index in [4.69, 9.17) is 4.74 Å². The van der Waals surface area contributed by atoms with Gasteiger partial charge in [-0.2, -0.15) is 0 Å². The minimum atomic E-state index is -3.71. The summed E-state index contributed by atoms with van der Waals surface area (Å²) in [6.07, 6.45) is 2.87. The molecule has 0 bridgehead atoms. The molecule has 9 heteroatoms. The van der Waals surface area contributed by atoms with Gasteiger partial charge in [-0.3, -0.25) is 0 Å². The standard InChI is InChI=1S/C14H22N2O5S2/c1-21-11-14(8-3-9-15-14)10-16-23(19,20)13-6-4-12(5-7-13)22(2,17)18/h4-7,15-16H,3,8-11H2,1-2H3. The molecule has 1 saturated heterocycles. The van der Waals surface area contributed by atoms with E-state index in [2.05, 4.69) is 10.0 Å². The molecule has 1 heterocycles. The molecular weight excluding hydrogens is 340 g/mol. The monoisotopic (exact) mass is 362 g/mol. The fourth-order valence-electron chi connectivity index (χ4n) is 2.65. The predicted molar refractivity (Wildman–Crippen MR) is 86.6 cm³/mol. The molecule has 7 nitrogen and oxygen atoms in total. The topological polar surface area (TPSA) is 102 Å². The molecule has 130 valence electrons. The Balaban J connectivity index is 2.12. The maximum Gasteiger partial charge on any atom is 0.240 e. The SMILES string of the molecule is COCC1(CNS(=O)(=O)c2ccc(S(C)(=O)=O)cc2)CCCN1. The van der Waals surface area contributed by atoms with Crippen LogP contribution in [0.15, 0.2) is 34.1 Å². The third kappa shape index (κ3) is 4.51. The molecule has 0 saturated carbocycles. The molecule has 1 aliphatic rings. The van der Waals surface area contributed by atoms with Gasteiger partial charge in [0.25, 0.3) is 0 Å². The summed E-state index contributed by atoms with van der Waals surface area (Å²) < 4.78 is 55.3. The largest absolute Gasteiger partial charge is 0.383 e. The highest BCUT2D eigenvalue weighted by Crippen LogP contribution is 2.20. The summed E-state index contributed by atoms with van der Waals surface area (Å²) in [6, 6.07) is 5.18. The Morgan fingerprint density at radius 2 is 1.78 bits per heavy atom. The van der Waals surface area contributed by atoms with Gasteiger partial charge in [-0.25, -0.2) is 21.6 Å². The summed E-state index contributed by atoms with van der Waals surface area (Å²) in [5, 5.41) is 3.29. The zero-order valence-electron chi connectivity index (χ0n) is 13.2. The second-order valence-electron chi connectivity index (χ2n) is 5.81. The van der Waals surface area contributed by atoms with Gasteiger partial charge < -0.3 is 10.1 Å². The summed E-state index contributed by atoms with van der Waals surface area (Å²) in [7, 11) is -5.47. The van der Waals surface area contributed by atoms with Gasteiger partial charge in [0.2, 0.25) is 10.0 Å². The summed E-state index contributed by atoms with van der Waals surface area (Å²) in [5.41, 5.74) is -0.394. The molecule has 2 rings (SSSR count). The normalized spacial score (nSPS) is 22.3. The number of hydrogen-bond acceptors (Lipinski definition) is 6. The van der Waals surface area contributed by atoms with E-state index >= 15 is 0 Å². The summed E-state index contributed by atoms with van der Waals surface area (Å²) in [5.74, 6) is 0. The molecule has 23 heavy (non-hydrogen) atoms. The molecule has 1 aliphatic heterocycles. The molecular formula is C14H22N2O5S2. The number of sulfone groups is 1. The van der Waals surface area contributed by atoms with Crippen molar-refractivity contribution in [1.29, 1.82) is 0 Å². The molecule has 0 aromatic heterocycles. The highest BCUT2D eigenvalue weighted by atomic mass is 32.2. The Bertz CT molecular complexity index is 736. The van der Waals surface area contributed by atoms with Crippen molar-refractivity contribution >= 4 is 19.9 Å². The van der Waals surface area contributed by atoms with Gasteiger partial charge in [-0.15, -0.1) is 0 Å². The number of sulfonamides is 1. The Labute approximate surface area is 137 Å². The lowest BCUT2D eigenvalue weighted by atomic mass is 9.99. The van der Waals surface area contributed by atoms with Crippen molar-refractivity contribution in [2.75, 3.05) is 33.1 Å².